The quantitative estimate of drug-likeness (QED) is 0.669. The topological polar surface area (TPSA) is 72.9 Å². The van der Waals surface area contributed by atoms with Crippen molar-refractivity contribution < 1.29 is 23.5 Å². The van der Waals surface area contributed by atoms with Gasteiger partial charge in [0.05, 0.1) is 17.6 Å². The van der Waals surface area contributed by atoms with E-state index in [-0.39, 0.29) is 41.9 Å². The van der Waals surface area contributed by atoms with Crippen LogP contribution in [0.3, 0.4) is 0 Å². The fourth-order valence-electron chi connectivity index (χ4n) is 6.22. The SMILES string of the molecule is CC(C)C1(C(=O)N(C)CC2CCC(F)(F)CC2)CN(C(=O)[C@@H]2C[C@@H](O)C3(CCC3)CN2)C1. The Labute approximate surface area is 190 Å². The molecule has 2 heterocycles. The second-order valence-corrected chi connectivity index (χ2v) is 11.4. The van der Waals surface area contributed by atoms with Gasteiger partial charge in [0.25, 0.3) is 0 Å². The monoisotopic (exact) mass is 455 g/mol. The summed E-state index contributed by atoms with van der Waals surface area (Å²) >= 11 is 0. The van der Waals surface area contributed by atoms with Crippen LogP contribution in [0.4, 0.5) is 8.78 Å². The fourth-order valence-corrected chi connectivity index (χ4v) is 6.22. The molecule has 0 aromatic heterocycles. The van der Waals surface area contributed by atoms with Crippen molar-refractivity contribution in [3.63, 3.8) is 0 Å². The van der Waals surface area contributed by atoms with Gasteiger partial charge in [0.1, 0.15) is 0 Å². The number of alkyl halides is 2. The number of nitrogens with one attached hydrogen (secondary N) is 1. The molecule has 2 saturated carbocycles. The zero-order valence-corrected chi connectivity index (χ0v) is 19.7. The van der Waals surface area contributed by atoms with E-state index in [9.17, 15) is 23.5 Å². The lowest BCUT2D eigenvalue weighted by atomic mass is 9.62. The number of hydrogen-bond acceptors (Lipinski definition) is 4. The molecule has 0 radical (unpaired) electrons. The number of piperidine rings is 1. The minimum absolute atomic E-state index is 0.0129. The van der Waals surface area contributed by atoms with Crippen molar-refractivity contribution >= 4 is 11.8 Å². The van der Waals surface area contributed by atoms with Gasteiger partial charge in [0, 0.05) is 51.5 Å². The first-order chi connectivity index (χ1) is 15.0. The average Bonchev–Trinajstić information content (AvgIpc) is 2.66. The maximum atomic E-state index is 13.5. The summed E-state index contributed by atoms with van der Waals surface area (Å²) in [6, 6.07) is -0.391. The molecule has 1 spiro atoms. The maximum Gasteiger partial charge on any atom is 0.248 e. The Hall–Kier alpha value is -1.28. The molecule has 0 aromatic rings. The third kappa shape index (κ3) is 4.17. The van der Waals surface area contributed by atoms with E-state index in [1.807, 2.05) is 13.8 Å². The first kappa shape index (κ1) is 23.9. The zero-order chi connectivity index (χ0) is 23.3. The van der Waals surface area contributed by atoms with Crippen molar-refractivity contribution in [1.82, 2.24) is 15.1 Å². The number of aliphatic hydroxyl groups excluding tert-OH is 1. The molecule has 6 nitrogen and oxygen atoms in total. The zero-order valence-electron chi connectivity index (χ0n) is 19.7. The molecule has 2 amide bonds. The van der Waals surface area contributed by atoms with Crippen molar-refractivity contribution in [2.45, 2.75) is 83.3 Å². The van der Waals surface area contributed by atoms with Gasteiger partial charge < -0.3 is 20.2 Å². The van der Waals surface area contributed by atoms with Gasteiger partial charge in [-0.25, -0.2) is 8.78 Å². The molecule has 0 bridgehead atoms. The molecule has 182 valence electrons. The molecule has 8 heteroatoms. The number of likely N-dealkylation sites (tertiary alicyclic amines) is 1. The number of hydrogen-bond donors (Lipinski definition) is 2. The number of rotatable bonds is 5. The van der Waals surface area contributed by atoms with Crippen LogP contribution in [0, 0.1) is 22.7 Å². The molecule has 0 aromatic carbocycles. The minimum Gasteiger partial charge on any atom is -0.392 e. The lowest BCUT2D eigenvalue weighted by molar-refractivity contribution is -0.168. The van der Waals surface area contributed by atoms with Gasteiger partial charge in [-0.1, -0.05) is 20.3 Å². The van der Waals surface area contributed by atoms with Crippen LogP contribution >= 0.6 is 0 Å². The van der Waals surface area contributed by atoms with E-state index in [4.69, 9.17) is 0 Å². The number of halogens is 2. The van der Waals surface area contributed by atoms with Crippen LogP contribution in [0.25, 0.3) is 0 Å². The Balaban J connectivity index is 1.32. The van der Waals surface area contributed by atoms with Crippen LogP contribution in [0.2, 0.25) is 0 Å². The number of aliphatic hydroxyl groups is 1. The summed E-state index contributed by atoms with van der Waals surface area (Å²) < 4.78 is 26.9. The molecule has 4 aliphatic rings. The van der Waals surface area contributed by atoms with Gasteiger partial charge in [0.15, 0.2) is 0 Å². The van der Waals surface area contributed by atoms with Crippen LogP contribution in [-0.4, -0.2) is 78.0 Å². The third-order valence-corrected chi connectivity index (χ3v) is 9.02. The van der Waals surface area contributed by atoms with E-state index in [1.54, 1.807) is 16.8 Å². The Morgan fingerprint density at radius 2 is 1.78 bits per heavy atom. The third-order valence-electron chi connectivity index (χ3n) is 9.02. The summed E-state index contributed by atoms with van der Waals surface area (Å²) in [6.45, 7) is 5.96. The highest BCUT2D eigenvalue weighted by atomic mass is 19.3. The molecule has 2 aliphatic heterocycles. The number of amides is 2. The molecular weight excluding hydrogens is 416 g/mol. The van der Waals surface area contributed by atoms with Gasteiger partial charge in [-0.2, -0.15) is 0 Å². The van der Waals surface area contributed by atoms with E-state index in [0.717, 1.165) is 19.3 Å². The highest BCUT2D eigenvalue weighted by Crippen LogP contribution is 2.47. The summed E-state index contributed by atoms with van der Waals surface area (Å²) in [5.41, 5.74) is -0.666. The van der Waals surface area contributed by atoms with E-state index in [2.05, 4.69) is 5.32 Å². The normalized spacial score (nSPS) is 31.2. The number of carbonyl (C=O) groups is 2. The van der Waals surface area contributed by atoms with E-state index in [1.165, 1.54) is 0 Å². The summed E-state index contributed by atoms with van der Waals surface area (Å²) in [6.07, 6.45) is 3.85. The van der Waals surface area contributed by atoms with Crippen LogP contribution in [0.1, 0.15) is 65.2 Å². The molecule has 2 atom stereocenters. The highest BCUT2D eigenvalue weighted by Gasteiger charge is 2.56. The average molecular weight is 456 g/mol. The van der Waals surface area contributed by atoms with Crippen molar-refractivity contribution in [3.8, 4) is 0 Å². The van der Waals surface area contributed by atoms with Crippen molar-refractivity contribution in [2.75, 3.05) is 33.2 Å². The predicted molar refractivity (Wildman–Crippen MR) is 117 cm³/mol. The van der Waals surface area contributed by atoms with Crippen molar-refractivity contribution in [1.29, 1.82) is 0 Å². The summed E-state index contributed by atoms with van der Waals surface area (Å²) in [7, 11) is 1.76. The van der Waals surface area contributed by atoms with Crippen LogP contribution < -0.4 is 5.32 Å². The van der Waals surface area contributed by atoms with Crippen molar-refractivity contribution in [3.05, 3.63) is 0 Å². The Bertz CT molecular complexity index is 724. The first-order valence-corrected chi connectivity index (χ1v) is 12.3. The minimum atomic E-state index is -2.56. The second kappa shape index (κ2) is 8.49. The highest BCUT2D eigenvalue weighted by molar-refractivity contribution is 5.89. The standard InChI is InChI=1S/C24H39F2N3O3/c1-16(2)23(21(32)28(3)12-17-5-9-24(25,26)10-6-17)14-29(15-23)20(31)18-11-19(30)22(13-27-18)7-4-8-22/h16-19,27,30H,4-15H2,1-3H3/t18-,19+/m0/s1. The number of nitrogens with zero attached hydrogens (tertiary/aromatic N) is 2. The maximum absolute atomic E-state index is 13.5. The summed E-state index contributed by atoms with van der Waals surface area (Å²) in [5, 5.41) is 13.9. The largest absolute Gasteiger partial charge is 0.392 e. The van der Waals surface area contributed by atoms with Gasteiger partial charge in [-0.3, -0.25) is 9.59 Å². The van der Waals surface area contributed by atoms with Crippen molar-refractivity contribution in [2.24, 2.45) is 22.7 Å². The van der Waals surface area contributed by atoms with Gasteiger partial charge in [-0.05, 0) is 43.9 Å². The Morgan fingerprint density at radius 1 is 1.16 bits per heavy atom. The Kier molecular flexibility index (Phi) is 6.33. The molecule has 32 heavy (non-hydrogen) atoms. The first-order valence-electron chi connectivity index (χ1n) is 12.3. The summed E-state index contributed by atoms with van der Waals surface area (Å²) in [4.78, 5) is 29.9. The molecule has 0 unspecified atom stereocenters. The second-order valence-electron chi connectivity index (χ2n) is 11.4. The van der Waals surface area contributed by atoms with Crippen LogP contribution in [0.5, 0.6) is 0 Å². The lowest BCUT2D eigenvalue weighted by Gasteiger charge is -2.55. The molecule has 4 fully saturated rings. The van der Waals surface area contributed by atoms with Crippen LogP contribution in [-0.2, 0) is 9.59 Å². The Morgan fingerprint density at radius 3 is 2.28 bits per heavy atom. The smallest absolute Gasteiger partial charge is 0.248 e. The molecular formula is C24H39F2N3O3. The predicted octanol–water partition coefficient (Wildman–Crippen LogP) is 2.65. The van der Waals surface area contributed by atoms with Crippen LogP contribution in [0.15, 0.2) is 0 Å². The molecule has 4 rings (SSSR count). The van der Waals surface area contributed by atoms with E-state index >= 15 is 0 Å². The lowest BCUT2D eigenvalue weighted by Crippen LogP contribution is -2.70. The van der Waals surface area contributed by atoms with Gasteiger partial charge in [-0.15, -0.1) is 0 Å². The molecule has 2 N–H and O–H groups in total. The van der Waals surface area contributed by atoms with E-state index in [0.29, 0.717) is 45.4 Å². The molecule has 2 saturated heterocycles. The van der Waals surface area contributed by atoms with Gasteiger partial charge in [0.2, 0.25) is 17.7 Å². The molecule has 2 aliphatic carbocycles. The fraction of sp³-hybridized carbons (Fsp3) is 0.917. The van der Waals surface area contributed by atoms with E-state index < -0.39 is 23.5 Å². The number of carbonyl (C=O) groups excluding carboxylic acids is 2. The summed E-state index contributed by atoms with van der Waals surface area (Å²) in [5.74, 6) is -2.40. The van der Waals surface area contributed by atoms with Gasteiger partial charge >= 0.3 is 0 Å².